The molecule has 0 aromatic carbocycles. The average Bonchev–Trinajstić information content (AvgIpc) is 3.15. The van der Waals surface area contributed by atoms with E-state index in [9.17, 15) is 4.79 Å². The fourth-order valence-electron chi connectivity index (χ4n) is 4.55. The lowest BCUT2D eigenvalue weighted by Crippen LogP contribution is -2.29. The van der Waals surface area contributed by atoms with Crippen LogP contribution in [0, 0.1) is 23.7 Å². The minimum atomic E-state index is -0.0883. The quantitative estimate of drug-likeness (QED) is 0.524. The van der Waals surface area contributed by atoms with Crippen LogP contribution in [0.25, 0.3) is 0 Å². The van der Waals surface area contributed by atoms with E-state index in [-0.39, 0.29) is 16.9 Å². The fraction of sp³-hybridized carbons (Fsp3) is 0.591. The van der Waals surface area contributed by atoms with Crippen LogP contribution in [0.1, 0.15) is 26.7 Å². The van der Waals surface area contributed by atoms with E-state index in [2.05, 4.69) is 11.8 Å². The number of piperidine rings is 1. The number of unbranched alkanes of at least 4 members (excludes halogenated alkanes) is 1. The number of ether oxygens (including phenoxy) is 1. The van der Waals surface area contributed by atoms with Crippen LogP contribution in [0.15, 0.2) is 40.0 Å². The van der Waals surface area contributed by atoms with E-state index in [1.807, 2.05) is 31.3 Å². The van der Waals surface area contributed by atoms with Crippen molar-refractivity contribution in [3.8, 4) is 0 Å². The maximum Gasteiger partial charge on any atom is 0.271 e. The van der Waals surface area contributed by atoms with Crippen molar-refractivity contribution < 1.29 is 4.74 Å². The lowest BCUT2D eigenvalue weighted by atomic mass is 10.00. The smallest absolute Gasteiger partial charge is 0.271 e. The number of allylic oxidation sites excluding steroid dienone is 4. The summed E-state index contributed by atoms with van der Waals surface area (Å²) in [6.07, 6.45) is 7.64. The number of fused-ring (bicyclic) bond motifs is 1. The highest BCUT2D eigenvalue weighted by Crippen LogP contribution is 2.53. The van der Waals surface area contributed by atoms with Gasteiger partial charge in [-0.1, -0.05) is 49.5 Å². The standard InChI is InChI=1S/C22H27Cl3N2O2/c1-3-4-8-26-9-7-19(20(25)22(26)28)27-10-14-15(11-27)16(14)12-29-21-13(2)17(23)5-6-18(21)24/h5-7,9,13-17H,3-4,8,10-12H2,1-2H3. The number of hydrogen-bond acceptors (Lipinski definition) is 3. The number of pyridine rings is 1. The van der Waals surface area contributed by atoms with Crippen molar-refractivity contribution in [1.29, 1.82) is 0 Å². The zero-order chi connectivity index (χ0) is 20.7. The van der Waals surface area contributed by atoms with Crippen molar-refractivity contribution in [3.05, 3.63) is 50.6 Å². The predicted molar refractivity (Wildman–Crippen MR) is 120 cm³/mol. The van der Waals surface area contributed by atoms with Crippen LogP contribution in [-0.2, 0) is 11.3 Å². The molecule has 1 aromatic rings. The summed E-state index contributed by atoms with van der Waals surface area (Å²) in [6, 6.07) is 1.98. The highest BCUT2D eigenvalue weighted by atomic mass is 35.5. The maximum atomic E-state index is 12.5. The Bertz CT molecular complexity index is 883. The molecule has 7 heteroatoms. The molecule has 1 saturated carbocycles. The summed E-state index contributed by atoms with van der Waals surface area (Å²) < 4.78 is 7.80. The molecule has 1 aliphatic heterocycles. The van der Waals surface area contributed by atoms with Crippen molar-refractivity contribution in [2.24, 2.45) is 23.7 Å². The molecule has 0 bridgehead atoms. The molecule has 4 nitrogen and oxygen atoms in total. The van der Waals surface area contributed by atoms with Gasteiger partial charge in [0.15, 0.2) is 0 Å². The van der Waals surface area contributed by atoms with E-state index >= 15 is 0 Å². The van der Waals surface area contributed by atoms with Crippen LogP contribution in [0.4, 0.5) is 5.69 Å². The van der Waals surface area contributed by atoms with Crippen LogP contribution in [0.3, 0.4) is 0 Å². The second-order valence-electron chi connectivity index (χ2n) is 8.38. The molecule has 4 atom stereocenters. The number of hydrogen-bond donors (Lipinski definition) is 0. The highest BCUT2D eigenvalue weighted by Gasteiger charge is 2.56. The van der Waals surface area contributed by atoms with Crippen LogP contribution in [-0.4, -0.2) is 29.6 Å². The molecule has 0 spiro atoms. The van der Waals surface area contributed by atoms with E-state index in [4.69, 9.17) is 39.5 Å². The first kappa shape index (κ1) is 21.1. The van der Waals surface area contributed by atoms with E-state index < -0.39 is 0 Å². The van der Waals surface area contributed by atoms with Gasteiger partial charge in [0.2, 0.25) is 0 Å². The molecule has 3 aliphatic rings. The van der Waals surface area contributed by atoms with Gasteiger partial charge in [-0.2, -0.15) is 0 Å². The Morgan fingerprint density at radius 3 is 2.66 bits per heavy atom. The second-order valence-corrected chi connectivity index (χ2v) is 9.67. The number of rotatable bonds is 7. The minimum absolute atomic E-state index is 0.0803. The monoisotopic (exact) mass is 456 g/mol. The maximum absolute atomic E-state index is 12.5. The normalized spacial score (nSPS) is 30.7. The third-order valence-corrected chi connectivity index (χ3v) is 7.73. The number of halogens is 3. The summed E-state index contributed by atoms with van der Waals surface area (Å²) in [5.41, 5.74) is 0.771. The van der Waals surface area contributed by atoms with E-state index in [0.717, 1.165) is 43.9 Å². The van der Waals surface area contributed by atoms with Gasteiger partial charge < -0.3 is 14.2 Å². The van der Waals surface area contributed by atoms with E-state index in [0.29, 0.717) is 34.4 Å². The Labute approximate surface area is 187 Å². The highest BCUT2D eigenvalue weighted by molar-refractivity contribution is 6.33. The van der Waals surface area contributed by atoms with Crippen LogP contribution in [0.2, 0.25) is 5.02 Å². The lowest BCUT2D eigenvalue weighted by molar-refractivity contribution is 0.160. The van der Waals surface area contributed by atoms with Gasteiger partial charge in [0.05, 0.1) is 22.7 Å². The Hall–Kier alpha value is -1.10. The molecular formula is C22H27Cl3N2O2. The second kappa shape index (κ2) is 8.56. The summed E-state index contributed by atoms with van der Waals surface area (Å²) >= 11 is 19.0. The van der Waals surface area contributed by atoms with Gasteiger partial charge in [-0.05, 0) is 30.4 Å². The third kappa shape index (κ3) is 4.08. The molecule has 4 unspecified atom stereocenters. The fourth-order valence-corrected chi connectivity index (χ4v) is 5.33. The van der Waals surface area contributed by atoms with Crippen molar-refractivity contribution >= 4 is 40.5 Å². The molecule has 0 radical (unpaired) electrons. The molecule has 2 heterocycles. The molecule has 4 rings (SSSR count). The summed E-state index contributed by atoms with van der Waals surface area (Å²) in [7, 11) is 0. The van der Waals surface area contributed by atoms with Crippen molar-refractivity contribution in [2.75, 3.05) is 24.6 Å². The summed E-state index contributed by atoms with van der Waals surface area (Å²) in [4.78, 5) is 14.8. The first-order valence-corrected chi connectivity index (χ1v) is 11.6. The summed E-state index contributed by atoms with van der Waals surface area (Å²) in [5, 5.41) is 0.908. The first-order chi connectivity index (χ1) is 13.9. The zero-order valence-electron chi connectivity index (χ0n) is 16.8. The van der Waals surface area contributed by atoms with Crippen LogP contribution >= 0.6 is 34.8 Å². The number of anilines is 1. The molecule has 1 aromatic heterocycles. The van der Waals surface area contributed by atoms with Gasteiger partial charge >= 0.3 is 0 Å². The largest absolute Gasteiger partial charge is 0.496 e. The SMILES string of the molecule is CCCCn1ccc(N2CC3C(COC4=C(Cl)C=CC(Cl)C4C)C3C2)c(Cl)c1=O. The number of aryl methyl sites for hydroxylation is 1. The van der Waals surface area contributed by atoms with Gasteiger partial charge in [-0.25, -0.2) is 0 Å². The predicted octanol–water partition coefficient (Wildman–Crippen LogP) is 5.26. The molecule has 158 valence electrons. The van der Waals surface area contributed by atoms with Gasteiger partial charge in [-0.15, -0.1) is 11.6 Å². The summed E-state index contributed by atoms with van der Waals surface area (Å²) in [5.74, 6) is 2.57. The molecule has 2 aliphatic carbocycles. The van der Waals surface area contributed by atoms with Crippen molar-refractivity contribution in [1.82, 2.24) is 4.57 Å². The Morgan fingerprint density at radius 2 is 1.97 bits per heavy atom. The molecule has 1 saturated heterocycles. The van der Waals surface area contributed by atoms with Crippen molar-refractivity contribution in [3.63, 3.8) is 0 Å². The van der Waals surface area contributed by atoms with Crippen LogP contribution < -0.4 is 10.5 Å². The van der Waals surface area contributed by atoms with E-state index in [1.54, 1.807) is 4.57 Å². The molecule has 0 N–H and O–H groups in total. The minimum Gasteiger partial charge on any atom is -0.496 e. The van der Waals surface area contributed by atoms with Gasteiger partial charge in [0.1, 0.15) is 10.8 Å². The lowest BCUT2D eigenvalue weighted by Gasteiger charge is -2.26. The average molecular weight is 458 g/mol. The third-order valence-electron chi connectivity index (χ3n) is 6.53. The van der Waals surface area contributed by atoms with Crippen LogP contribution in [0.5, 0.6) is 0 Å². The molecule has 2 fully saturated rings. The van der Waals surface area contributed by atoms with Crippen molar-refractivity contribution in [2.45, 2.75) is 38.6 Å². The van der Waals surface area contributed by atoms with Gasteiger partial charge in [-0.3, -0.25) is 4.79 Å². The number of alkyl halides is 1. The zero-order valence-corrected chi connectivity index (χ0v) is 19.1. The Kier molecular flexibility index (Phi) is 6.24. The number of aromatic nitrogens is 1. The van der Waals surface area contributed by atoms with Gasteiger partial charge in [0.25, 0.3) is 5.56 Å². The first-order valence-electron chi connectivity index (χ1n) is 10.4. The Balaban J connectivity index is 1.34. The van der Waals surface area contributed by atoms with E-state index in [1.165, 1.54) is 0 Å². The number of nitrogens with zero attached hydrogens (tertiary/aromatic N) is 2. The summed E-state index contributed by atoms with van der Waals surface area (Å²) in [6.45, 7) is 7.37. The molecular weight excluding hydrogens is 431 g/mol. The molecule has 0 amide bonds. The molecule has 29 heavy (non-hydrogen) atoms. The topological polar surface area (TPSA) is 34.5 Å². The Morgan fingerprint density at radius 1 is 1.24 bits per heavy atom. The van der Waals surface area contributed by atoms with Gasteiger partial charge in [0, 0.05) is 37.7 Å².